The number of thiazole rings is 1. The number of aromatic nitrogens is 1. The Kier molecular flexibility index (Phi) is 3.92. The molecule has 4 nitrogen and oxygen atoms in total. The van der Waals surface area contributed by atoms with Gasteiger partial charge in [0.15, 0.2) is 0 Å². The summed E-state index contributed by atoms with van der Waals surface area (Å²) in [5, 5.41) is 0. The number of rotatable bonds is 5. The first-order valence-corrected chi connectivity index (χ1v) is 8.55. The van der Waals surface area contributed by atoms with Crippen molar-refractivity contribution < 1.29 is 8.42 Å². The van der Waals surface area contributed by atoms with Crippen molar-refractivity contribution in [3.63, 3.8) is 0 Å². The Morgan fingerprint density at radius 2 is 2.18 bits per heavy atom. The Balaban J connectivity index is 2.10. The van der Waals surface area contributed by atoms with Crippen LogP contribution in [-0.4, -0.2) is 31.3 Å². The topological polar surface area (TPSA) is 50.3 Å². The van der Waals surface area contributed by atoms with Crippen LogP contribution >= 0.6 is 27.3 Å². The molecule has 96 valence electrons. The molecule has 17 heavy (non-hydrogen) atoms. The lowest BCUT2D eigenvalue weighted by Gasteiger charge is -2.14. The Labute approximate surface area is 114 Å². The van der Waals surface area contributed by atoms with E-state index >= 15 is 0 Å². The van der Waals surface area contributed by atoms with Crippen molar-refractivity contribution in [2.24, 2.45) is 5.92 Å². The quantitative estimate of drug-likeness (QED) is 0.829. The molecule has 1 aromatic rings. The molecule has 7 heteroatoms. The van der Waals surface area contributed by atoms with Crippen LogP contribution in [0.4, 0.5) is 0 Å². The molecule has 0 atom stereocenters. The van der Waals surface area contributed by atoms with E-state index in [1.54, 1.807) is 14.0 Å². The lowest BCUT2D eigenvalue weighted by molar-refractivity contribution is 0.450. The molecule has 0 aliphatic heterocycles. The fraction of sp³-hybridized carbons (Fsp3) is 0.700. The van der Waals surface area contributed by atoms with Gasteiger partial charge in [-0.05, 0) is 35.2 Å². The Bertz CT molecular complexity index is 489. The van der Waals surface area contributed by atoms with Gasteiger partial charge in [0.2, 0.25) is 4.34 Å². The van der Waals surface area contributed by atoms with E-state index in [9.17, 15) is 8.42 Å². The van der Waals surface area contributed by atoms with Gasteiger partial charge in [-0.15, -0.1) is 0 Å². The van der Waals surface area contributed by atoms with Gasteiger partial charge in [-0.2, -0.15) is 4.31 Å². The number of halogens is 1. The zero-order valence-electron chi connectivity index (χ0n) is 9.81. The number of hydrogen-bond acceptors (Lipinski definition) is 4. The minimum absolute atomic E-state index is 0.181. The molecule has 0 amide bonds. The van der Waals surface area contributed by atoms with Gasteiger partial charge in [-0.3, -0.25) is 0 Å². The first-order chi connectivity index (χ1) is 7.91. The third-order valence-electron chi connectivity index (χ3n) is 2.90. The molecule has 0 spiro atoms. The molecule has 1 heterocycles. The lowest BCUT2D eigenvalue weighted by atomic mass is 10.3. The number of sulfonamides is 1. The van der Waals surface area contributed by atoms with E-state index in [0.29, 0.717) is 6.54 Å². The summed E-state index contributed by atoms with van der Waals surface area (Å²) < 4.78 is 26.7. The van der Waals surface area contributed by atoms with Crippen molar-refractivity contribution in [3.05, 3.63) is 9.48 Å². The molecule has 1 aromatic heterocycles. The molecule has 0 unspecified atom stereocenters. The molecule has 0 bridgehead atoms. The fourth-order valence-electron chi connectivity index (χ4n) is 1.49. The van der Waals surface area contributed by atoms with Crippen LogP contribution in [-0.2, 0) is 10.0 Å². The van der Waals surface area contributed by atoms with Crippen LogP contribution in [0.5, 0.6) is 0 Å². The maximum absolute atomic E-state index is 12.2. The summed E-state index contributed by atoms with van der Waals surface area (Å²) >= 11 is 4.48. The number of aryl methyl sites for hydroxylation is 1. The van der Waals surface area contributed by atoms with E-state index in [1.165, 1.54) is 28.5 Å². The van der Waals surface area contributed by atoms with E-state index in [4.69, 9.17) is 0 Å². The van der Waals surface area contributed by atoms with Gasteiger partial charge in [-0.25, -0.2) is 13.4 Å². The monoisotopic (exact) mass is 338 g/mol. The maximum atomic E-state index is 12.2. The van der Waals surface area contributed by atoms with Crippen molar-refractivity contribution in [2.75, 3.05) is 13.6 Å². The van der Waals surface area contributed by atoms with Crippen molar-refractivity contribution >= 4 is 37.3 Å². The SMILES string of the molecule is Cc1nc(S(=O)(=O)N(C)CCC2CC2)sc1Br. The molecule has 2 rings (SSSR count). The molecule has 0 radical (unpaired) electrons. The fourth-order valence-corrected chi connectivity index (χ4v) is 4.81. The van der Waals surface area contributed by atoms with Crippen molar-refractivity contribution in [1.82, 2.24) is 9.29 Å². The van der Waals surface area contributed by atoms with Crippen LogP contribution in [0.2, 0.25) is 0 Å². The summed E-state index contributed by atoms with van der Waals surface area (Å²) in [6, 6.07) is 0. The molecular formula is C10H15BrN2O2S2. The van der Waals surface area contributed by atoms with E-state index in [1.807, 2.05) is 0 Å². The Morgan fingerprint density at radius 1 is 1.53 bits per heavy atom. The smallest absolute Gasteiger partial charge is 0.228 e. The van der Waals surface area contributed by atoms with E-state index in [0.717, 1.165) is 21.8 Å². The highest BCUT2D eigenvalue weighted by molar-refractivity contribution is 9.11. The van der Waals surface area contributed by atoms with Gasteiger partial charge in [0, 0.05) is 13.6 Å². The van der Waals surface area contributed by atoms with Gasteiger partial charge >= 0.3 is 0 Å². The first-order valence-electron chi connectivity index (χ1n) is 5.50. The summed E-state index contributed by atoms with van der Waals surface area (Å²) in [6.07, 6.45) is 3.45. The van der Waals surface area contributed by atoms with Gasteiger partial charge in [0.1, 0.15) is 0 Å². The third-order valence-corrected chi connectivity index (χ3v) is 7.12. The predicted molar refractivity (Wildman–Crippen MR) is 71.7 cm³/mol. The lowest BCUT2D eigenvalue weighted by Crippen LogP contribution is -2.28. The van der Waals surface area contributed by atoms with Gasteiger partial charge < -0.3 is 0 Å². The van der Waals surface area contributed by atoms with Crippen LogP contribution in [0.1, 0.15) is 25.0 Å². The van der Waals surface area contributed by atoms with Crippen LogP contribution in [0.15, 0.2) is 8.13 Å². The molecule has 1 saturated carbocycles. The average molecular weight is 339 g/mol. The highest BCUT2D eigenvalue weighted by Gasteiger charge is 2.28. The number of hydrogen-bond donors (Lipinski definition) is 0. The molecule has 0 saturated heterocycles. The minimum atomic E-state index is -3.40. The van der Waals surface area contributed by atoms with E-state index < -0.39 is 10.0 Å². The predicted octanol–water partition coefficient (Wildman–Crippen LogP) is 2.63. The summed E-state index contributed by atoms with van der Waals surface area (Å²) in [5.74, 6) is 0.734. The second-order valence-electron chi connectivity index (χ2n) is 4.40. The molecule has 1 aliphatic carbocycles. The zero-order valence-corrected chi connectivity index (χ0v) is 13.0. The van der Waals surface area contributed by atoms with Crippen molar-refractivity contribution in [2.45, 2.75) is 30.5 Å². The summed E-state index contributed by atoms with van der Waals surface area (Å²) in [4.78, 5) is 4.09. The molecule has 1 aliphatic rings. The number of nitrogens with zero attached hydrogens (tertiary/aromatic N) is 2. The summed E-state index contributed by atoms with van der Waals surface area (Å²) in [6.45, 7) is 2.38. The normalized spacial score (nSPS) is 16.7. The van der Waals surface area contributed by atoms with Crippen molar-refractivity contribution in [3.8, 4) is 0 Å². The Hall–Kier alpha value is 0.0200. The van der Waals surface area contributed by atoms with Gasteiger partial charge in [0.25, 0.3) is 10.0 Å². The maximum Gasteiger partial charge on any atom is 0.270 e. The molecule has 0 aromatic carbocycles. The highest BCUT2D eigenvalue weighted by Crippen LogP contribution is 2.33. The van der Waals surface area contributed by atoms with Crippen molar-refractivity contribution in [1.29, 1.82) is 0 Å². The average Bonchev–Trinajstić information content (AvgIpc) is 3.02. The van der Waals surface area contributed by atoms with Gasteiger partial charge in [-0.1, -0.05) is 24.2 Å². The molecular weight excluding hydrogens is 324 g/mol. The standard InChI is InChI=1S/C10H15BrN2O2S2/c1-7-9(11)16-10(12-7)17(14,15)13(2)6-5-8-3-4-8/h8H,3-6H2,1-2H3. The van der Waals surface area contributed by atoms with Crippen LogP contribution in [0.3, 0.4) is 0 Å². The zero-order chi connectivity index (χ0) is 12.6. The highest BCUT2D eigenvalue weighted by atomic mass is 79.9. The second-order valence-corrected chi connectivity index (χ2v) is 8.93. The third kappa shape index (κ3) is 3.07. The first kappa shape index (κ1) is 13.5. The van der Waals surface area contributed by atoms with E-state index in [-0.39, 0.29) is 4.34 Å². The van der Waals surface area contributed by atoms with Gasteiger partial charge in [0.05, 0.1) is 9.48 Å². The van der Waals surface area contributed by atoms with Crippen LogP contribution < -0.4 is 0 Å². The van der Waals surface area contributed by atoms with Crippen LogP contribution in [0.25, 0.3) is 0 Å². The molecule has 1 fully saturated rings. The summed E-state index contributed by atoms with van der Waals surface area (Å²) in [7, 11) is -1.77. The van der Waals surface area contributed by atoms with E-state index in [2.05, 4.69) is 20.9 Å². The van der Waals surface area contributed by atoms with Crippen LogP contribution in [0, 0.1) is 12.8 Å². The second kappa shape index (κ2) is 4.95. The minimum Gasteiger partial charge on any atom is -0.228 e. The Morgan fingerprint density at radius 3 is 2.65 bits per heavy atom. The summed E-state index contributed by atoms with van der Waals surface area (Å²) in [5.41, 5.74) is 0.726. The molecule has 0 N–H and O–H groups in total. The largest absolute Gasteiger partial charge is 0.270 e.